The van der Waals surface area contributed by atoms with Crippen LogP contribution in [0.1, 0.15) is 96.8 Å². The lowest BCUT2D eigenvalue weighted by Gasteiger charge is -2.40. The molecule has 182 valence electrons. The molecule has 1 unspecified atom stereocenters. The molecule has 3 nitrogen and oxygen atoms in total. The number of rotatable bonds is 20. The minimum Gasteiger partial charge on any atom is -1.00 e. The quantitative estimate of drug-likeness (QED) is 0.141. The van der Waals surface area contributed by atoms with Crippen LogP contribution in [0.25, 0.3) is 0 Å². The average molecular weight is 557 g/mol. The Morgan fingerprint density at radius 1 is 0.800 bits per heavy atom. The summed E-state index contributed by atoms with van der Waals surface area (Å²) in [4.78, 5) is 0. The number of halogens is 1. The lowest BCUT2D eigenvalue weighted by molar-refractivity contribution is -0.913. The topological polar surface area (TPSA) is 21.3 Å². The van der Waals surface area contributed by atoms with Gasteiger partial charge in [-0.2, -0.15) is 11.8 Å². The summed E-state index contributed by atoms with van der Waals surface area (Å²) in [6, 6.07) is 0. The first-order valence-corrected chi connectivity index (χ1v) is 14.0. The summed E-state index contributed by atoms with van der Waals surface area (Å²) in [5.41, 5.74) is 0. The third-order valence-electron chi connectivity index (χ3n) is 6.58. The number of unbranched alkanes of at least 4 members (excludes halogenated alkanes) is 13. The summed E-state index contributed by atoms with van der Waals surface area (Å²) in [5.74, 6) is 2.47. The first-order valence-electron chi connectivity index (χ1n) is 12.8. The Labute approximate surface area is 210 Å². The van der Waals surface area contributed by atoms with Crippen molar-refractivity contribution in [2.45, 2.75) is 103 Å². The predicted octanol–water partition coefficient (Wildman–Crippen LogP) is 3.27. The highest BCUT2D eigenvalue weighted by Gasteiger charge is 2.28. The Morgan fingerprint density at radius 3 is 1.73 bits per heavy atom. The number of nitrogens with zero attached hydrogens (tertiary/aromatic N) is 1. The molecule has 0 saturated carbocycles. The van der Waals surface area contributed by atoms with E-state index in [1.807, 2.05) is 7.11 Å². The number of likely N-dealkylation sites (N-methyl/N-ethyl adjacent to an activating group) is 1. The van der Waals surface area contributed by atoms with Crippen LogP contribution in [0, 0.1) is 0 Å². The van der Waals surface area contributed by atoms with Crippen LogP contribution < -0.4 is 29.3 Å². The van der Waals surface area contributed by atoms with Crippen LogP contribution in [-0.2, 0) is 4.74 Å². The van der Waals surface area contributed by atoms with Crippen molar-refractivity contribution < 1.29 is 33.2 Å². The number of methoxy groups -OCH3 is 1. The second-order valence-corrected chi connectivity index (χ2v) is 10.7. The van der Waals surface area contributed by atoms with E-state index in [0.717, 1.165) is 18.8 Å². The fourth-order valence-corrected chi connectivity index (χ4v) is 5.50. The predicted molar refractivity (Wildman–Crippen MR) is 132 cm³/mol. The molecule has 0 aliphatic carbocycles. The summed E-state index contributed by atoms with van der Waals surface area (Å²) < 4.78 is 6.96. The van der Waals surface area contributed by atoms with Gasteiger partial charge in [-0.1, -0.05) is 90.4 Å². The van der Waals surface area contributed by atoms with Crippen molar-refractivity contribution in [1.82, 2.24) is 5.32 Å². The Hall–Kier alpha value is 0.960. The van der Waals surface area contributed by atoms with Gasteiger partial charge in [0.1, 0.15) is 12.6 Å². The first-order chi connectivity index (χ1) is 14.2. The van der Waals surface area contributed by atoms with Gasteiger partial charge in [-0.3, -0.25) is 0 Å². The molecule has 0 amide bonds. The van der Waals surface area contributed by atoms with Gasteiger partial charge in [0.05, 0.1) is 20.1 Å². The Kier molecular flexibility index (Phi) is 22.5. The van der Waals surface area contributed by atoms with Gasteiger partial charge in [0.25, 0.3) is 0 Å². The second-order valence-electron chi connectivity index (χ2n) is 9.53. The normalized spacial score (nSPS) is 16.9. The van der Waals surface area contributed by atoms with Gasteiger partial charge in [0.2, 0.25) is 0 Å². The molecule has 1 fully saturated rings. The third kappa shape index (κ3) is 17.5. The van der Waals surface area contributed by atoms with Crippen LogP contribution >= 0.6 is 11.8 Å². The van der Waals surface area contributed by atoms with Crippen molar-refractivity contribution in [3.05, 3.63) is 0 Å². The summed E-state index contributed by atoms with van der Waals surface area (Å²) in [7, 11) is 4.29. The summed E-state index contributed by atoms with van der Waals surface area (Å²) >= 11 is 2.11. The van der Waals surface area contributed by atoms with Gasteiger partial charge >= 0.3 is 0 Å². The van der Waals surface area contributed by atoms with Crippen LogP contribution in [0.4, 0.5) is 0 Å². The molecule has 1 aliphatic heterocycles. The highest BCUT2D eigenvalue weighted by molar-refractivity contribution is 7.99. The molecule has 5 heteroatoms. The molecule has 1 rings (SSSR count). The van der Waals surface area contributed by atoms with E-state index < -0.39 is 0 Å². The standard InChI is InChI=1S/C25H53N2OS.HI/c1-4-5-6-7-8-9-10-11-12-13-14-15-16-17-22-29-24-25(28-3)23-27(2)20-18-26-19-21-27;/h25-26H,4-24H2,1-3H3;1H/q+1;/p-1. The van der Waals surface area contributed by atoms with Gasteiger partial charge in [0.15, 0.2) is 0 Å². The molecular formula is C25H53IN2OS. The molecule has 0 aromatic carbocycles. The monoisotopic (exact) mass is 556 g/mol. The number of thioether (sulfide) groups is 1. The van der Waals surface area contributed by atoms with Crippen LogP contribution in [-0.4, -0.2) is 69.0 Å². The molecular weight excluding hydrogens is 503 g/mol. The molecule has 1 aliphatic rings. The van der Waals surface area contributed by atoms with Gasteiger partial charge in [-0.05, 0) is 12.2 Å². The molecule has 0 bridgehead atoms. The van der Waals surface area contributed by atoms with Crippen molar-refractivity contribution in [2.24, 2.45) is 0 Å². The van der Waals surface area contributed by atoms with Crippen LogP contribution in [0.3, 0.4) is 0 Å². The van der Waals surface area contributed by atoms with Gasteiger partial charge in [-0.25, -0.2) is 0 Å². The van der Waals surface area contributed by atoms with E-state index in [2.05, 4.69) is 31.1 Å². The number of quaternary nitrogens is 1. The zero-order chi connectivity index (χ0) is 21.0. The van der Waals surface area contributed by atoms with Gasteiger partial charge < -0.3 is 38.5 Å². The highest BCUT2D eigenvalue weighted by Crippen LogP contribution is 2.16. The third-order valence-corrected chi connectivity index (χ3v) is 7.77. The summed E-state index contributed by atoms with van der Waals surface area (Å²) in [6.45, 7) is 8.25. The molecule has 1 saturated heterocycles. The number of piperazine rings is 1. The number of ether oxygens (including phenoxy) is 1. The van der Waals surface area contributed by atoms with Crippen molar-refractivity contribution in [3.63, 3.8) is 0 Å². The second kappa shape index (κ2) is 21.8. The molecule has 0 spiro atoms. The fourth-order valence-electron chi connectivity index (χ4n) is 4.42. The maximum absolute atomic E-state index is 5.79. The average Bonchev–Trinajstić information content (AvgIpc) is 2.73. The maximum Gasteiger partial charge on any atom is 0.115 e. The lowest BCUT2D eigenvalue weighted by atomic mass is 10.0. The fraction of sp³-hybridized carbons (Fsp3) is 1.00. The van der Waals surface area contributed by atoms with E-state index in [9.17, 15) is 0 Å². The Balaban J connectivity index is 0.00000841. The van der Waals surface area contributed by atoms with E-state index >= 15 is 0 Å². The first kappa shape index (κ1) is 31.0. The Morgan fingerprint density at radius 2 is 1.27 bits per heavy atom. The molecule has 30 heavy (non-hydrogen) atoms. The lowest BCUT2D eigenvalue weighted by Crippen LogP contribution is -3.00. The molecule has 1 heterocycles. The maximum atomic E-state index is 5.79. The zero-order valence-electron chi connectivity index (χ0n) is 20.6. The smallest absolute Gasteiger partial charge is 0.115 e. The molecule has 1 N–H and O–H groups in total. The Bertz CT molecular complexity index is 354. The molecule has 0 aromatic rings. The molecule has 1 atom stereocenters. The van der Waals surface area contributed by atoms with Crippen molar-refractivity contribution >= 4 is 11.8 Å². The van der Waals surface area contributed by atoms with Crippen LogP contribution in [0.15, 0.2) is 0 Å². The van der Waals surface area contributed by atoms with Gasteiger partial charge in [-0.15, -0.1) is 0 Å². The number of nitrogens with one attached hydrogen (secondary N) is 1. The van der Waals surface area contributed by atoms with E-state index in [1.165, 1.54) is 120 Å². The van der Waals surface area contributed by atoms with E-state index in [-0.39, 0.29) is 24.0 Å². The van der Waals surface area contributed by atoms with Crippen LogP contribution in [0.5, 0.6) is 0 Å². The SMILES string of the molecule is CCCCCCCCCCCCCCCCSCC(C[N+]1(C)CCNCC1)OC.[I-]. The summed E-state index contributed by atoms with van der Waals surface area (Å²) in [6.07, 6.45) is 20.6. The number of hydrogen-bond acceptors (Lipinski definition) is 3. The zero-order valence-corrected chi connectivity index (χ0v) is 23.5. The number of hydrogen-bond donors (Lipinski definition) is 1. The largest absolute Gasteiger partial charge is 1.00 e. The van der Waals surface area contributed by atoms with E-state index in [0.29, 0.717) is 6.10 Å². The van der Waals surface area contributed by atoms with E-state index in [4.69, 9.17) is 4.74 Å². The van der Waals surface area contributed by atoms with E-state index in [1.54, 1.807) is 0 Å². The van der Waals surface area contributed by atoms with Crippen molar-refractivity contribution in [2.75, 3.05) is 58.4 Å². The highest BCUT2D eigenvalue weighted by atomic mass is 127. The van der Waals surface area contributed by atoms with Crippen molar-refractivity contribution in [3.8, 4) is 0 Å². The van der Waals surface area contributed by atoms with Crippen LogP contribution in [0.2, 0.25) is 0 Å². The van der Waals surface area contributed by atoms with Crippen molar-refractivity contribution in [1.29, 1.82) is 0 Å². The molecule has 0 aromatic heterocycles. The minimum absolute atomic E-state index is 0. The summed E-state index contributed by atoms with van der Waals surface area (Å²) in [5, 5.41) is 3.47. The minimum atomic E-state index is 0. The van der Waals surface area contributed by atoms with Gasteiger partial charge in [0, 0.05) is 26.0 Å². The molecule has 0 radical (unpaired) electrons.